The average Bonchev–Trinajstić information content (AvgIpc) is 3.17. The molecule has 0 spiro atoms. The first-order valence-electron chi connectivity index (χ1n) is 21.6. The van der Waals surface area contributed by atoms with E-state index in [2.05, 4.69) is 106 Å². The smallest absolute Gasteiger partial charge is 0.306 e. The van der Waals surface area contributed by atoms with Crippen molar-refractivity contribution in [1.29, 1.82) is 0 Å². The normalized spacial score (nSPS) is 12.9. The van der Waals surface area contributed by atoms with Crippen molar-refractivity contribution in [2.24, 2.45) is 0 Å². The van der Waals surface area contributed by atoms with Crippen molar-refractivity contribution >= 4 is 17.9 Å². The van der Waals surface area contributed by atoms with Crippen molar-refractivity contribution in [2.45, 2.75) is 187 Å². The van der Waals surface area contributed by atoms with E-state index in [0.717, 1.165) is 109 Å². The molecule has 0 aromatic heterocycles. The first-order valence-corrected chi connectivity index (χ1v) is 21.6. The zero-order chi connectivity index (χ0) is 39.4. The van der Waals surface area contributed by atoms with Crippen LogP contribution in [0.2, 0.25) is 0 Å². The number of carbonyl (C=O) groups is 3. The van der Waals surface area contributed by atoms with Crippen molar-refractivity contribution in [3.8, 4) is 0 Å². The maximum absolute atomic E-state index is 12.6. The first kappa shape index (κ1) is 50.6. The van der Waals surface area contributed by atoms with E-state index in [-0.39, 0.29) is 37.5 Å². The predicted molar refractivity (Wildman–Crippen MR) is 228 cm³/mol. The molecular weight excluding hydrogens is 673 g/mol. The second-order valence-electron chi connectivity index (χ2n) is 13.9. The Balaban J connectivity index is 4.42. The molecule has 1 atom stereocenters. The molecule has 0 saturated heterocycles. The molecule has 0 aromatic rings. The van der Waals surface area contributed by atoms with Crippen LogP contribution in [0.3, 0.4) is 0 Å². The first-order chi connectivity index (χ1) is 26.5. The van der Waals surface area contributed by atoms with Gasteiger partial charge in [0.05, 0.1) is 0 Å². The second kappa shape index (κ2) is 42.3. The molecule has 0 fully saturated rings. The van der Waals surface area contributed by atoms with Gasteiger partial charge in [-0.3, -0.25) is 14.4 Å². The standard InChI is InChI=1S/C48H78O6/c1-4-7-10-13-16-18-20-22-23-24-25-27-28-30-32-35-38-41-47(50)53-44-45(43-52-46(49)40-37-34-15-12-9-6-3)54-48(51)42-39-36-33-31-29-26-21-19-17-14-11-8-5-2/h7,10-11,14,16,18-19,21-23,25,27,30,32,45H,4-6,8-9,12-13,15,17,20,24,26,28-29,31,33-44H2,1-3H3/b10-7-,14-11-,18-16-,21-19-,23-22-,27-25-,32-30-. The van der Waals surface area contributed by atoms with Gasteiger partial charge in [-0.1, -0.05) is 164 Å². The van der Waals surface area contributed by atoms with Gasteiger partial charge in [0.25, 0.3) is 0 Å². The van der Waals surface area contributed by atoms with E-state index in [1.54, 1.807) is 0 Å². The molecule has 0 saturated carbocycles. The van der Waals surface area contributed by atoms with Crippen LogP contribution in [-0.2, 0) is 28.6 Å². The van der Waals surface area contributed by atoms with E-state index in [9.17, 15) is 14.4 Å². The van der Waals surface area contributed by atoms with E-state index in [1.807, 2.05) is 0 Å². The predicted octanol–water partition coefficient (Wildman–Crippen LogP) is 13.7. The number of allylic oxidation sites excluding steroid dienone is 14. The highest BCUT2D eigenvalue weighted by Crippen LogP contribution is 2.12. The fourth-order valence-corrected chi connectivity index (χ4v) is 5.39. The number of unbranched alkanes of at least 4 members (excludes halogenated alkanes) is 12. The van der Waals surface area contributed by atoms with Gasteiger partial charge >= 0.3 is 17.9 Å². The van der Waals surface area contributed by atoms with Crippen LogP contribution in [0.15, 0.2) is 85.1 Å². The lowest BCUT2D eigenvalue weighted by Gasteiger charge is -2.18. The van der Waals surface area contributed by atoms with Gasteiger partial charge in [-0.05, 0) is 83.5 Å². The minimum absolute atomic E-state index is 0.102. The number of rotatable bonds is 37. The largest absolute Gasteiger partial charge is 0.462 e. The highest BCUT2D eigenvalue weighted by Gasteiger charge is 2.19. The Bertz CT molecular complexity index is 1090. The van der Waals surface area contributed by atoms with Gasteiger partial charge in [-0.2, -0.15) is 0 Å². The molecule has 0 rings (SSSR count). The number of esters is 3. The number of ether oxygens (including phenoxy) is 3. The summed E-state index contributed by atoms with van der Waals surface area (Å²) in [6.07, 6.45) is 53.0. The molecule has 0 bridgehead atoms. The molecule has 0 radical (unpaired) electrons. The average molecular weight is 751 g/mol. The third-order valence-corrected chi connectivity index (χ3v) is 8.61. The fourth-order valence-electron chi connectivity index (χ4n) is 5.39. The van der Waals surface area contributed by atoms with Gasteiger partial charge in [0, 0.05) is 19.3 Å². The molecule has 6 nitrogen and oxygen atoms in total. The zero-order valence-corrected chi connectivity index (χ0v) is 34.7. The maximum Gasteiger partial charge on any atom is 0.306 e. The Morgan fingerprint density at radius 1 is 0.389 bits per heavy atom. The van der Waals surface area contributed by atoms with E-state index < -0.39 is 6.10 Å². The lowest BCUT2D eigenvalue weighted by atomic mass is 10.1. The van der Waals surface area contributed by atoms with E-state index in [0.29, 0.717) is 19.3 Å². The van der Waals surface area contributed by atoms with E-state index in [1.165, 1.54) is 25.7 Å². The second-order valence-corrected chi connectivity index (χ2v) is 13.9. The summed E-state index contributed by atoms with van der Waals surface area (Å²) in [6, 6.07) is 0. The Morgan fingerprint density at radius 2 is 0.778 bits per heavy atom. The molecule has 0 aliphatic carbocycles. The molecule has 0 heterocycles. The van der Waals surface area contributed by atoms with Crippen LogP contribution in [0.4, 0.5) is 0 Å². The molecule has 0 aromatic carbocycles. The number of hydrogen-bond donors (Lipinski definition) is 0. The SMILES string of the molecule is CC/C=C\C/C=C\C/C=C\C/C=C\C/C=C\CCCC(=O)OCC(COC(=O)CCCCCCCC)OC(=O)CCCCCCC/C=C\C/C=C\CCC. The molecule has 0 amide bonds. The zero-order valence-electron chi connectivity index (χ0n) is 34.7. The topological polar surface area (TPSA) is 78.9 Å². The lowest BCUT2D eigenvalue weighted by Crippen LogP contribution is -2.30. The van der Waals surface area contributed by atoms with Crippen LogP contribution in [0.1, 0.15) is 181 Å². The molecule has 0 aliphatic heterocycles. The van der Waals surface area contributed by atoms with Crippen molar-refractivity contribution in [2.75, 3.05) is 13.2 Å². The highest BCUT2D eigenvalue weighted by atomic mass is 16.6. The molecule has 0 N–H and O–H groups in total. The van der Waals surface area contributed by atoms with Crippen LogP contribution in [0.5, 0.6) is 0 Å². The Hall–Kier alpha value is -3.41. The molecule has 306 valence electrons. The molecule has 0 aliphatic rings. The molecular formula is C48H78O6. The third kappa shape index (κ3) is 39.8. The summed E-state index contributed by atoms with van der Waals surface area (Å²) in [7, 11) is 0. The van der Waals surface area contributed by atoms with E-state index >= 15 is 0 Å². The minimum Gasteiger partial charge on any atom is -0.462 e. The van der Waals surface area contributed by atoms with Gasteiger partial charge in [-0.15, -0.1) is 0 Å². The van der Waals surface area contributed by atoms with Crippen molar-refractivity contribution in [1.82, 2.24) is 0 Å². The van der Waals surface area contributed by atoms with Crippen LogP contribution in [0, 0.1) is 0 Å². The Labute approximate surface area is 331 Å². The summed E-state index contributed by atoms with van der Waals surface area (Å²) in [5.74, 6) is -0.997. The molecule has 1 unspecified atom stereocenters. The summed E-state index contributed by atoms with van der Waals surface area (Å²) in [6.45, 7) is 6.30. The minimum atomic E-state index is -0.801. The fraction of sp³-hybridized carbons (Fsp3) is 0.646. The van der Waals surface area contributed by atoms with Crippen molar-refractivity contribution in [3.63, 3.8) is 0 Å². The molecule has 54 heavy (non-hydrogen) atoms. The van der Waals surface area contributed by atoms with E-state index in [4.69, 9.17) is 14.2 Å². The Kier molecular flexibility index (Phi) is 39.7. The third-order valence-electron chi connectivity index (χ3n) is 8.61. The monoisotopic (exact) mass is 751 g/mol. The summed E-state index contributed by atoms with van der Waals surface area (Å²) in [4.78, 5) is 37.5. The van der Waals surface area contributed by atoms with Gasteiger partial charge < -0.3 is 14.2 Å². The van der Waals surface area contributed by atoms with Crippen molar-refractivity contribution in [3.05, 3.63) is 85.1 Å². The summed E-state index contributed by atoms with van der Waals surface area (Å²) in [5.41, 5.74) is 0. The summed E-state index contributed by atoms with van der Waals surface area (Å²) in [5, 5.41) is 0. The Morgan fingerprint density at radius 3 is 1.28 bits per heavy atom. The van der Waals surface area contributed by atoms with Crippen LogP contribution in [-0.4, -0.2) is 37.2 Å². The van der Waals surface area contributed by atoms with Gasteiger partial charge in [0.15, 0.2) is 6.10 Å². The van der Waals surface area contributed by atoms with Crippen molar-refractivity contribution < 1.29 is 28.6 Å². The van der Waals surface area contributed by atoms with Gasteiger partial charge in [0.1, 0.15) is 13.2 Å². The van der Waals surface area contributed by atoms with Crippen LogP contribution in [0.25, 0.3) is 0 Å². The number of hydrogen-bond acceptors (Lipinski definition) is 6. The summed E-state index contributed by atoms with van der Waals surface area (Å²) >= 11 is 0. The molecule has 6 heteroatoms. The summed E-state index contributed by atoms with van der Waals surface area (Å²) < 4.78 is 16.5. The lowest BCUT2D eigenvalue weighted by molar-refractivity contribution is -0.167. The van der Waals surface area contributed by atoms with Crippen LogP contribution < -0.4 is 0 Å². The maximum atomic E-state index is 12.6. The highest BCUT2D eigenvalue weighted by molar-refractivity contribution is 5.71. The quantitative estimate of drug-likeness (QED) is 0.0272. The number of carbonyl (C=O) groups excluding carboxylic acids is 3. The van der Waals surface area contributed by atoms with Gasteiger partial charge in [-0.25, -0.2) is 0 Å². The van der Waals surface area contributed by atoms with Gasteiger partial charge in [0.2, 0.25) is 0 Å². The van der Waals surface area contributed by atoms with Crippen LogP contribution >= 0.6 is 0 Å².